The van der Waals surface area contributed by atoms with Gasteiger partial charge in [0.15, 0.2) is 0 Å². The molecular weight excluding hydrogens is 358 g/mol. The minimum absolute atomic E-state index is 0.0319. The van der Waals surface area contributed by atoms with E-state index in [1.54, 1.807) is 0 Å². The second kappa shape index (κ2) is 6.06. The van der Waals surface area contributed by atoms with Crippen molar-refractivity contribution in [2.75, 3.05) is 6.54 Å². The number of halogens is 1. The van der Waals surface area contributed by atoms with E-state index in [4.69, 9.17) is 5.11 Å². The number of sulfonamides is 1. The van der Waals surface area contributed by atoms with Crippen molar-refractivity contribution in [3.05, 3.63) is 28.2 Å². The summed E-state index contributed by atoms with van der Waals surface area (Å²) in [4.78, 5) is 11.2. The number of nitrogens with zero attached hydrogens (tertiary/aromatic N) is 1. The van der Waals surface area contributed by atoms with Crippen molar-refractivity contribution in [2.45, 2.75) is 37.6 Å². The fraction of sp³-hybridized carbons (Fsp3) is 0.500. The molecule has 1 saturated heterocycles. The zero-order valence-electron chi connectivity index (χ0n) is 11.9. The predicted octanol–water partition coefficient (Wildman–Crippen LogP) is 2.96. The van der Waals surface area contributed by atoms with Gasteiger partial charge in [0.25, 0.3) is 0 Å². The average Bonchev–Trinajstić information content (AvgIpc) is 2.38. The van der Waals surface area contributed by atoms with E-state index in [2.05, 4.69) is 22.9 Å². The highest BCUT2D eigenvalue weighted by Gasteiger charge is 2.33. The first-order valence-corrected chi connectivity index (χ1v) is 9.01. The molecule has 2 unspecified atom stereocenters. The summed E-state index contributed by atoms with van der Waals surface area (Å²) in [6.07, 6.45) is 1.65. The van der Waals surface area contributed by atoms with Crippen molar-refractivity contribution in [3.63, 3.8) is 0 Å². The lowest BCUT2D eigenvalue weighted by Gasteiger charge is -2.35. The number of carboxylic acids is 1. The fourth-order valence-electron chi connectivity index (χ4n) is 2.71. The molecule has 5 nitrogen and oxygen atoms in total. The maximum Gasteiger partial charge on any atom is 0.336 e. The van der Waals surface area contributed by atoms with Crippen molar-refractivity contribution in [1.82, 2.24) is 4.31 Å². The Morgan fingerprint density at radius 1 is 1.38 bits per heavy atom. The zero-order chi connectivity index (χ0) is 15.8. The third kappa shape index (κ3) is 3.30. The molecule has 1 aliphatic rings. The average molecular weight is 376 g/mol. The van der Waals surface area contributed by atoms with Crippen LogP contribution in [-0.4, -0.2) is 36.4 Å². The molecule has 116 valence electrons. The van der Waals surface area contributed by atoms with Crippen LogP contribution in [0.4, 0.5) is 0 Å². The van der Waals surface area contributed by atoms with Gasteiger partial charge in [0.05, 0.1) is 10.5 Å². The largest absolute Gasteiger partial charge is 0.478 e. The van der Waals surface area contributed by atoms with E-state index < -0.39 is 16.0 Å². The SMILES string of the molecule is CC1CCN(S(=O)(=O)c2ccc(Br)c(C(=O)O)c2)C(C)C1. The molecule has 0 radical (unpaired) electrons. The van der Waals surface area contributed by atoms with Crippen LogP contribution < -0.4 is 0 Å². The molecule has 21 heavy (non-hydrogen) atoms. The van der Waals surface area contributed by atoms with Crippen LogP contribution in [0.2, 0.25) is 0 Å². The van der Waals surface area contributed by atoms with Gasteiger partial charge in [0.2, 0.25) is 10.0 Å². The lowest BCUT2D eigenvalue weighted by Crippen LogP contribution is -2.44. The van der Waals surface area contributed by atoms with Crippen molar-refractivity contribution in [2.24, 2.45) is 5.92 Å². The predicted molar refractivity (Wildman–Crippen MR) is 82.9 cm³/mol. The van der Waals surface area contributed by atoms with E-state index in [1.807, 2.05) is 6.92 Å². The van der Waals surface area contributed by atoms with Crippen molar-refractivity contribution in [3.8, 4) is 0 Å². The molecular formula is C14H18BrNO4S. The van der Waals surface area contributed by atoms with Gasteiger partial charge in [-0.1, -0.05) is 6.92 Å². The highest BCUT2D eigenvalue weighted by Crippen LogP contribution is 2.29. The molecule has 0 aromatic heterocycles. The van der Waals surface area contributed by atoms with E-state index >= 15 is 0 Å². The topological polar surface area (TPSA) is 74.7 Å². The van der Waals surface area contributed by atoms with E-state index in [0.29, 0.717) is 16.9 Å². The second-order valence-electron chi connectivity index (χ2n) is 5.54. The Morgan fingerprint density at radius 3 is 2.62 bits per heavy atom. The lowest BCUT2D eigenvalue weighted by molar-refractivity contribution is 0.0695. The second-order valence-corrected chi connectivity index (χ2v) is 8.29. The summed E-state index contributed by atoms with van der Waals surface area (Å²) in [6, 6.07) is 4.05. The Bertz CT molecular complexity index is 659. The molecule has 0 amide bonds. The van der Waals surface area contributed by atoms with Crippen molar-refractivity contribution >= 4 is 31.9 Å². The van der Waals surface area contributed by atoms with Crippen LogP contribution in [0, 0.1) is 5.92 Å². The molecule has 1 aliphatic heterocycles. The van der Waals surface area contributed by atoms with Crippen LogP contribution in [0.15, 0.2) is 27.6 Å². The maximum absolute atomic E-state index is 12.7. The van der Waals surface area contributed by atoms with Gasteiger partial charge in [0, 0.05) is 17.1 Å². The van der Waals surface area contributed by atoms with Crippen molar-refractivity contribution in [1.29, 1.82) is 0 Å². The summed E-state index contributed by atoms with van der Waals surface area (Å²) in [5, 5.41) is 9.11. The summed E-state index contributed by atoms with van der Waals surface area (Å²) >= 11 is 3.12. The van der Waals surface area contributed by atoms with Gasteiger partial charge < -0.3 is 5.11 Å². The number of hydrogen-bond donors (Lipinski definition) is 1. The van der Waals surface area contributed by atoms with Gasteiger partial charge in [-0.2, -0.15) is 4.31 Å². The summed E-state index contributed by atoms with van der Waals surface area (Å²) in [7, 11) is -3.66. The Morgan fingerprint density at radius 2 is 2.05 bits per heavy atom. The molecule has 0 saturated carbocycles. The van der Waals surface area contributed by atoms with Gasteiger partial charge in [-0.3, -0.25) is 0 Å². The van der Waals surface area contributed by atoms with E-state index in [1.165, 1.54) is 22.5 Å². The van der Waals surface area contributed by atoms with Gasteiger partial charge in [0.1, 0.15) is 0 Å². The normalized spacial score (nSPS) is 24.0. The quantitative estimate of drug-likeness (QED) is 0.880. The number of aromatic carboxylic acids is 1. The minimum atomic E-state index is -3.66. The molecule has 0 bridgehead atoms. The van der Waals surface area contributed by atoms with Crippen LogP contribution in [-0.2, 0) is 10.0 Å². The molecule has 1 fully saturated rings. The Kier molecular flexibility index (Phi) is 4.75. The Hall–Kier alpha value is -0.920. The number of piperidine rings is 1. The van der Waals surface area contributed by atoms with Gasteiger partial charge in [-0.15, -0.1) is 0 Å². The summed E-state index contributed by atoms with van der Waals surface area (Å²) in [5.74, 6) is -0.648. The van der Waals surface area contributed by atoms with Crippen LogP contribution in [0.5, 0.6) is 0 Å². The monoisotopic (exact) mass is 375 g/mol. The first kappa shape index (κ1) is 16.5. The first-order chi connectivity index (χ1) is 9.73. The van der Waals surface area contributed by atoms with Gasteiger partial charge in [-0.05, 0) is 59.8 Å². The van der Waals surface area contributed by atoms with Crippen LogP contribution >= 0.6 is 15.9 Å². The molecule has 7 heteroatoms. The molecule has 1 heterocycles. The first-order valence-electron chi connectivity index (χ1n) is 6.78. The number of benzene rings is 1. The van der Waals surface area contributed by atoms with Gasteiger partial charge >= 0.3 is 5.97 Å². The molecule has 1 aromatic rings. The molecule has 1 N–H and O–H groups in total. The maximum atomic E-state index is 12.7. The summed E-state index contributed by atoms with van der Waals surface area (Å²) < 4.78 is 27.3. The minimum Gasteiger partial charge on any atom is -0.478 e. The highest BCUT2D eigenvalue weighted by molar-refractivity contribution is 9.10. The lowest BCUT2D eigenvalue weighted by atomic mass is 9.95. The third-order valence-corrected chi connectivity index (χ3v) is 6.55. The molecule has 0 aliphatic carbocycles. The van der Waals surface area contributed by atoms with Crippen LogP contribution in [0.3, 0.4) is 0 Å². The molecule has 0 spiro atoms. The number of hydrogen-bond acceptors (Lipinski definition) is 3. The fourth-order valence-corrected chi connectivity index (χ4v) is 4.81. The molecule has 2 atom stereocenters. The number of carbonyl (C=O) groups is 1. The number of carboxylic acid groups (broad SMARTS) is 1. The number of rotatable bonds is 3. The summed E-state index contributed by atoms with van der Waals surface area (Å²) in [6.45, 7) is 4.48. The van der Waals surface area contributed by atoms with E-state index in [9.17, 15) is 13.2 Å². The smallest absolute Gasteiger partial charge is 0.336 e. The Balaban J connectivity index is 2.40. The van der Waals surface area contributed by atoms with Crippen LogP contribution in [0.25, 0.3) is 0 Å². The Labute approximate surface area is 133 Å². The van der Waals surface area contributed by atoms with E-state index in [-0.39, 0.29) is 16.5 Å². The molecule has 2 rings (SSSR count). The van der Waals surface area contributed by atoms with E-state index in [0.717, 1.165) is 12.8 Å². The third-order valence-electron chi connectivity index (χ3n) is 3.85. The van der Waals surface area contributed by atoms with Crippen molar-refractivity contribution < 1.29 is 18.3 Å². The summed E-state index contributed by atoms with van der Waals surface area (Å²) in [5.41, 5.74) is -0.0471. The van der Waals surface area contributed by atoms with Gasteiger partial charge in [-0.25, -0.2) is 13.2 Å². The molecule has 1 aromatic carbocycles. The highest BCUT2D eigenvalue weighted by atomic mass is 79.9. The standard InChI is InChI=1S/C14H18BrNO4S/c1-9-5-6-16(10(2)7-9)21(19,20)11-3-4-13(15)12(8-11)14(17)18/h3-4,8-10H,5-7H2,1-2H3,(H,17,18). The zero-order valence-corrected chi connectivity index (χ0v) is 14.3. The van der Waals surface area contributed by atoms with Crippen LogP contribution in [0.1, 0.15) is 37.0 Å².